The van der Waals surface area contributed by atoms with E-state index in [0.717, 1.165) is 29.6 Å². The van der Waals surface area contributed by atoms with E-state index in [1.54, 1.807) is 0 Å². The lowest BCUT2D eigenvalue weighted by molar-refractivity contribution is -0.504. The Morgan fingerprint density at radius 2 is 1.69 bits per heavy atom. The zero-order chi connectivity index (χ0) is 11.7. The van der Waals surface area contributed by atoms with Crippen LogP contribution >= 0.6 is 0 Å². The van der Waals surface area contributed by atoms with Crippen LogP contribution in [0.3, 0.4) is 0 Å². The van der Waals surface area contributed by atoms with Crippen LogP contribution in [0, 0.1) is 35.0 Å². The van der Waals surface area contributed by atoms with Crippen molar-refractivity contribution in [2.75, 3.05) is 0 Å². The smallest absolute Gasteiger partial charge is 0.101 e. The Kier molecular flexibility index (Phi) is 2.11. The summed E-state index contributed by atoms with van der Waals surface area (Å²) in [4.78, 5) is 0. The molecule has 92 valence electrons. The molecule has 0 amide bonds. The van der Waals surface area contributed by atoms with E-state index in [-0.39, 0.29) is 0 Å². The largest absolute Gasteiger partial charge is 0.352 e. The van der Waals surface area contributed by atoms with Gasteiger partial charge in [0, 0.05) is 18.3 Å². The second-order valence-electron chi connectivity index (χ2n) is 7.71. The minimum absolute atomic E-state index is 0.423. The van der Waals surface area contributed by atoms with E-state index >= 15 is 0 Å². The van der Waals surface area contributed by atoms with Gasteiger partial charge in [-0.3, -0.25) is 0 Å². The molecule has 0 aromatic carbocycles. The summed E-state index contributed by atoms with van der Waals surface area (Å²) in [5, 5.41) is 0. The average Bonchev–Trinajstić information content (AvgIpc) is 2.64. The van der Waals surface area contributed by atoms with E-state index in [4.69, 9.17) is 5.73 Å². The van der Waals surface area contributed by atoms with Crippen molar-refractivity contribution in [1.29, 1.82) is 0 Å². The highest BCUT2D eigenvalue weighted by Gasteiger charge is 2.69. The van der Waals surface area contributed by atoms with Crippen molar-refractivity contribution in [2.45, 2.75) is 58.9 Å². The quantitative estimate of drug-likeness (QED) is 0.653. The highest BCUT2D eigenvalue weighted by atomic mass is 14.9. The molecule has 0 bridgehead atoms. The molecule has 3 fully saturated rings. The molecule has 0 saturated heterocycles. The molecule has 1 heteroatoms. The summed E-state index contributed by atoms with van der Waals surface area (Å²) in [6, 6.07) is 0. The van der Waals surface area contributed by atoms with Gasteiger partial charge in [-0.25, -0.2) is 0 Å². The molecule has 3 rings (SSSR count). The van der Waals surface area contributed by atoms with E-state index in [1.807, 2.05) is 0 Å². The summed E-state index contributed by atoms with van der Waals surface area (Å²) in [5.74, 6) is 4.71. The number of quaternary nitrogens is 1. The molecule has 3 saturated carbocycles. The minimum atomic E-state index is 0.423. The molecule has 0 aromatic heterocycles. The van der Waals surface area contributed by atoms with Crippen molar-refractivity contribution in [3.05, 3.63) is 0 Å². The van der Waals surface area contributed by atoms with E-state index < -0.39 is 0 Å². The summed E-state index contributed by atoms with van der Waals surface area (Å²) in [5.41, 5.74) is 5.78. The number of hydrogen-bond acceptors (Lipinski definition) is 0. The van der Waals surface area contributed by atoms with Crippen molar-refractivity contribution >= 4 is 0 Å². The van der Waals surface area contributed by atoms with Gasteiger partial charge in [-0.1, -0.05) is 27.7 Å². The predicted octanol–water partition coefficient (Wildman–Crippen LogP) is 2.72. The maximum atomic E-state index is 4.73. The zero-order valence-corrected chi connectivity index (χ0v) is 11.4. The fraction of sp³-hybridized carbons (Fsp3) is 1.00. The van der Waals surface area contributed by atoms with E-state index in [2.05, 4.69) is 27.7 Å². The lowest BCUT2D eigenvalue weighted by atomic mass is 9.71. The summed E-state index contributed by atoms with van der Waals surface area (Å²) in [6.45, 7) is 9.96. The minimum Gasteiger partial charge on any atom is -0.352 e. The number of rotatable bonds is 0. The van der Waals surface area contributed by atoms with Gasteiger partial charge in [-0.2, -0.15) is 0 Å². The van der Waals surface area contributed by atoms with Crippen molar-refractivity contribution in [1.82, 2.24) is 0 Å². The van der Waals surface area contributed by atoms with Gasteiger partial charge in [0.1, 0.15) is 5.54 Å². The summed E-state index contributed by atoms with van der Waals surface area (Å²) >= 11 is 0. The van der Waals surface area contributed by atoms with Crippen LogP contribution in [-0.2, 0) is 0 Å². The summed E-state index contributed by atoms with van der Waals surface area (Å²) in [7, 11) is 0. The first kappa shape index (κ1) is 11.1. The first-order valence-corrected chi connectivity index (χ1v) is 7.24. The maximum absolute atomic E-state index is 4.73. The molecule has 3 aliphatic carbocycles. The van der Waals surface area contributed by atoms with Gasteiger partial charge in [0.15, 0.2) is 0 Å². The first-order chi connectivity index (χ1) is 7.39. The van der Waals surface area contributed by atoms with Crippen molar-refractivity contribution < 1.29 is 5.73 Å². The molecular formula is C15H28N+. The van der Waals surface area contributed by atoms with Gasteiger partial charge in [-0.15, -0.1) is 0 Å². The van der Waals surface area contributed by atoms with Gasteiger partial charge in [0.25, 0.3) is 0 Å². The third-order valence-corrected chi connectivity index (χ3v) is 6.76. The highest BCUT2D eigenvalue weighted by Crippen LogP contribution is 2.70. The fourth-order valence-electron chi connectivity index (χ4n) is 5.46. The van der Waals surface area contributed by atoms with E-state index in [9.17, 15) is 0 Å². The second kappa shape index (κ2) is 3.04. The number of fused-ring (bicyclic) bond motifs is 3. The molecular weight excluding hydrogens is 194 g/mol. The van der Waals surface area contributed by atoms with Gasteiger partial charge < -0.3 is 5.73 Å². The van der Waals surface area contributed by atoms with Crippen LogP contribution in [0.5, 0.6) is 0 Å². The van der Waals surface area contributed by atoms with Crippen LogP contribution in [0.2, 0.25) is 0 Å². The van der Waals surface area contributed by atoms with Crippen LogP contribution in [0.15, 0.2) is 0 Å². The van der Waals surface area contributed by atoms with Gasteiger partial charge in [0.05, 0.1) is 0 Å². The monoisotopic (exact) mass is 222 g/mol. The Bertz CT molecular complexity index is 309. The third-order valence-electron chi connectivity index (χ3n) is 6.76. The molecule has 3 N–H and O–H groups in total. The molecule has 3 aliphatic rings. The normalized spacial score (nSPS) is 58.7. The maximum Gasteiger partial charge on any atom is 0.101 e. The van der Waals surface area contributed by atoms with Crippen molar-refractivity contribution in [3.8, 4) is 0 Å². The summed E-state index contributed by atoms with van der Waals surface area (Å²) < 4.78 is 0. The Morgan fingerprint density at radius 1 is 1.00 bits per heavy atom. The lowest BCUT2D eigenvalue weighted by Gasteiger charge is -2.35. The van der Waals surface area contributed by atoms with Gasteiger partial charge >= 0.3 is 0 Å². The third kappa shape index (κ3) is 1.16. The SMILES string of the molecule is C[C@H]1CC[C@@]2([NH3+])[C@H]1[C@@H]1[C@@H](CC[C@@H]2C)C1(C)C. The molecule has 6 atom stereocenters. The molecule has 0 heterocycles. The Balaban J connectivity index is 1.98. The lowest BCUT2D eigenvalue weighted by Crippen LogP contribution is -2.77. The van der Waals surface area contributed by atoms with Crippen molar-refractivity contribution in [2.24, 2.45) is 35.0 Å². The topological polar surface area (TPSA) is 27.6 Å². The van der Waals surface area contributed by atoms with Crippen LogP contribution in [0.1, 0.15) is 53.4 Å². The Morgan fingerprint density at radius 3 is 2.38 bits per heavy atom. The fourth-order valence-corrected chi connectivity index (χ4v) is 5.46. The Hall–Kier alpha value is -0.0400. The van der Waals surface area contributed by atoms with Crippen LogP contribution in [0.25, 0.3) is 0 Å². The second-order valence-corrected chi connectivity index (χ2v) is 7.71. The molecule has 0 spiro atoms. The molecule has 0 aromatic rings. The van der Waals surface area contributed by atoms with Gasteiger partial charge in [0.2, 0.25) is 0 Å². The van der Waals surface area contributed by atoms with Crippen LogP contribution < -0.4 is 5.73 Å². The standard InChI is InChI=1S/C15H27N/c1-9-7-8-15(16)10(2)5-6-11-13(12(9)15)14(11,3)4/h9-13H,5-8,16H2,1-4H3/p+1/t9-,10-,11+,12+,13-,15-/m0/s1. The molecule has 16 heavy (non-hydrogen) atoms. The van der Waals surface area contributed by atoms with Crippen LogP contribution in [-0.4, -0.2) is 5.54 Å². The first-order valence-electron chi connectivity index (χ1n) is 7.24. The molecule has 0 radical (unpaired) electrons. The predicted molar refractivity (Wildman–Crippen MR) is 66.7 cm³/mol. The molecule has 0 aliphatic heterocycles. The molecule has 1 nitrogen and oxygen atoms in total. The summed E-state index contributed by atoms with van der Waals surface area (Å²) in [6.07, 6.45) is 5.72. The molecule has 0 unspecified atom stereocenters. The van der Waals surface area contributed by atoms with E-state index in [1.165, 1.54) is 25.7 Å². The van der Waals surface area contributed by atoms with Gasteiger partial charge in [-0.05, 0) is 42.4 Å². The van der Waals surface area contributed by atoms with Crippen LogP contribution in [0.4, 0.5) is 0 Å². The van der Waals surface area contributed by atoms with Crippen molar-refractivity contribution in [3.63, 3.8) is 0 Å². The Labute approximate surface area is 100 Å². The zero-order valence-electron chi connectivity index (χ0n) is 11.4. The highest BCUT2D eigenvalue weighted by molar-refractivity contribution is 5.16. The average molecular weight is 222 g/mol. The number of hydrogen-bond donors (Lipinski definition) is 1. The van der Waals surface area contributed by atoms with E-state index in [0.29, 0.717) is 11.0 Å².